The van der Waals surface area contributed by atoms with Crippen molar-refractivity contribution in [2.24, 2.45) is 0 Å². The van der Waals surface area contributed by atoms with E-state index in [1.165, 1.54) is 31.2 Å². The summed E-state index contributed by atoms with van der Waals surface area (Å²) in [5.41, 5.74) is 2.32. The quantitative estimate of drug-likeness (QED) is 0.643. The fraction of sp³-hybridized carbons (Fsp3) is 0.389. The third kappa shape index (κ3) is 5.04. The Labute approximate surface area is 121 Å². The van der Waals surface area contributed by atoms with Crippen LogP contribution in [0.1, 0.15) is 43.9 Å². The molecule has 2 heteroatoms. The van der Waals surface area contributed by atoms with Crippen molar-refractivity contribution in [3.63, 3.8) is 0 Å². The zero-order chi connectivity index (χ0) is 14.0. The topological polar surface area (TPSA) is 22.1 Å². The summed E-state index contributed by atoms with van der Waals surface area (Å²) < 4.78 is 5.80. The molecule has 106 valence electrons. The fourth-order valence-corrected chi connectivity index (χ4v) is 2.19. The summed E-state index contributed by atoms with van der Waals surface area (Å²) in [5.74, 6) is 0.934. The van der Waals surface area contributed by atoms with Crippen LogP contribution in [0.5, 0.6) is 5.75 Å². The van der Waals surface area contributed by atoms with Crippen LogP contribution in [0.4, 0.5) is 0 Å². The van der Waals surface area contributed by atoms with Crippen LogP contribution in [0.3, 0.4) is 0 Å². The van der Waals surface area contributed by atoms with E-state index < -0.39 is 0 Å². The maximum atomic E-state index is 5.80. The lowest BCUT2D eigenvalue weighted by Crippen LogP contribution is -1.98. The largest absolute Gasteiger partial charge is 0.487 e. The van der Waals surface area contributed by atoms with Crippen LogP contribution < -0.4 is 4.74 Å². The van der Waals surface area contributed by atoms with Gasteiger partial charge in [-0.1, -0.05) is 44.4 Å². The average Bonchev–Trinajstić information content (AvgIpc) is 2.51. The van der Waals surface area contributed by atoms with Gasteiger partial charge in [0.1, 0.15) is 12.4 Å². The third-order valence-electron chi connectivity index (χ3n) is 3.33. The number of aryl methyl sites for hydroxylation is 1. The smallest absolute Gasteiger partial charge is 0.130 e. The van der Waals surface area contributed by atoms with E-state index in [1.807, 2.05) is 24.3 Å². The molecule has 20 heavy (non-hydrogen) atoms. The Morgan fingerprint density at radius 1 is 1.00 bits per heavy atom. The normalized spacial score (nSPS) is 10.4. The lowest BCUT2D eigenvalue weighted by atomic mass is 10.1. The summed E-state index contributed by atoms with van der Waals surface area (Å²) in [7, 11) is 0. The second-order valence-electron chi connectivity index (χ2n) is 5.07. The molecule has 0 bridgehead atoms. The molecule has 0 N–H and O–H groups in total. The summed E-state index contributed by atoms with van der Waals surface area (Å²) >= 11 is 0. The van der Waals surface area contributed by atoms with Gasteiger partial charge in [0, 0.05) is 6.20 Å². The van der Waals surface area contributed by atoms with Gasteiger partial charge in [0.05, 0.1) is 5.69 Å². The first kappa shape index (κ1) is 14.6. The molecule has 1 aromatic carbocycles. The summed E-state index contributed by atoms with van der Waals surface area (Å²) in [6.07, 6.45) is 8.12. The highest BCUT2D eigenvalue weighted by atomic mass is 16.5. The minimum absolute atomic E-state index is 0.528. The Kier molecular flexibility index (Phi) is 6.09. The van der Waals surface area contributed by atoms with Gasteiger partial charge in [-0.05, 0) is 42.7 Å². The van der Waals surface area contributed by atoms with Gasteiger partial charge in [-0.3, -0.25) is 4.98 Å². The number of hydrogen-bond acceptors (Lipinski definition) is 2. The lowest BCUT2D eigenvalue weighted by molar-refractivity contribution is 0.301. The molecule has 0 aliphatic carbocycles. The second-order valence-corrected chi connectivity index (χ2v) is 5.07. The predicted octanol–water partition coefficient (Wildman–Crippen LogP) is 4.78. The Balaban J connectivity index is 1.83. The molecular formula is C18H23NO. The van der Waals surface area contributed by atoms with E-state index in [0.29, 0.717) is 6.61 Å². The van der Waals surface area contributed by atoms with Crippen LogP contribution in [0.15, 0.2) is 48.7 Å². The minimum atomic E-state index is 0.528. The van der Waals surface area contributed by atoms with Crippen LogP contribution >= 0.6 is 0 Å². The average molecular weight is 269 g/mol. The molecule has 1 aromatic heterocycles. The van der Waals surface area contributed by atoms with Crippen molar-refractivity contribution in [2.45, 2.75) is 45.6 Å². The molecule has 0 fully saturated rings. The molecule has 1 heterocycles. The number of rotatable bonds is 8. The zero-order valence-electron chi connectivity index (χ0n) is 12.2. The molecule has 2 nitrogen and oxygen atoms in total. The summed E-state index contributed by atoms with van der Waals surface area (Å²) in [6.45, 7) is 2.77. The van der Waals surface area contributed by atoms with Gasteiger partial charge in [-0.2, -0.15) is 0 Å². The first-order chi connectivity index (χ1) is 9.88. The van der Waals surface area contributed by atoms with Crippen molar-refractivity contribution in [3.05, 3.63) is 59.9 Å². The number of ether oxygens (including phenoxy) is 1. The third-order valence-corrected chi connectivity index (χ3v) is 3.33. The number of nitrogens with zero attached hydrogens (tertiary/aromatic N) is 1. The van der Waals surface area contributed by atoms with E-state index in [1.54, 1.807) is 6.20 Å². The fourth-order valence-electron chi connectivity index (χ4n) is 2.19. The SMILES string of the molecule is CCCCCCc1cccc(OCc2ccccn2)c1. The van der Waals surface area contributed by atoms with E-state index >= 15 is 0 Å². The molecule has 0 amide bonds. The van der Waals surface area contributed by atoms with E-state index in [4.69, 9.17) is 4.74 Å². The van der Waals surface area contributed by atoms with Crippen molar-refractivity contribution in [3.8, 4) is 5.75 Å². The predicted molar refractivity (Wildman–Crippen MR) is 82.9 cm³/mol. The summed E-state index contributed by atoms with van der Waals surface area (Å²) in [4.78, 5) is 4.26. The molecule has 0 radical (unpaired) electrons. The van der Waals surface area contributed by atoms with Crippen molar-refractivity contribution in [2.75, 3.05) is 0 Å². The van der Waals surface area contributed by atoms with E-state index in [9.17, 15) is 0 Å². The van der Waals surface area contributed by atoms with Gasteiger partial charge in [0.15, 0.2) is 0 Å². The molecule has 0 saturated heterocycles. The number of aromatic nitrogens is 1. The molecule has 0 saturated carbocycles. The molecule has 0 atom stereocenters. The second kappa shape index (κ2) is 8.36. The van der Waals surface area contributed by atoms with Crippen molar-refractivity contribution >= 4 is 0 Å². The molecule has 0 aliphatic rings. The molecule has 2 aromatic rings. The summed E-state index contributed by atoms with van der Waals surface area (Å²) in [6, 6.07) is 14.3. The van der Waals surface area contributed by atoms with E-state index in [0.717, 1.165) is 17.9 Å². The molecule has 0 aliphatic heterocycles. The lowest BCUT2D eigenvalue weighted by Gasteiger charge is -2.08. The Bertz CT molecular complexity index is 496. The molecular weight excluding hydrogens is 246 g/mol. The maximum Gasteiger partial charge on any atom is 0.130 e. The minimum Gasteiger partial charge on any atom is -0.487 e. The Morgan fingerprint density at radius 2 is 1.95 bits per heavy atom. The number of pyridine rings is 1. The molecule has 0 spiro atoms. The number of unbranched alkanes of at least 4 members (excludes halogenated alkanes) is 3. The van der Waals surface area contributed by atoms with Gasteiger partial charge in [-0.25, -0.2) is 0 Å². The van der Waals surface area contributed by atoms with Gasteiger partial charge in [0.25, 0.3) is 0 Å². The van der Waals surface area contributed by atoms with Crippen molar-refractivity contribution < 1.29 is 4.74 Å². The highest BCUT2D eigenvalue weighted by molar-refractivity contribution is 5.28. The van der Waals surface area contributed by atoms with Gasteiger partial charge in [-0.15, -0.1) is 0 Å². The molecule has 2 rings (SSSR count). The van der Waals surface area contributed by atoms with Crippen LogP contribution in [0, 0.1) is 0 Å². The van der Waals surface area contributed by atoms with E-state index in [2.05, 4.69) is 30.1 Å². The summed E-state index contributed by atoms with van der Waals surface area (Å²) in [5, 5.41) is 0. The number of hydrogen-bond donors (Lipinski definition) is 0. The first-order valence-electron chi connectivity index (χ1n) is 7.50. The van der Waals surface area contributed by atoms with E-state index in [-0.39, 0.29) is 0 Å². The number of benzene rings is 1. The van der Waals surface area contributed by atoms with Gasteiger partial charge in [0.2, 0.25) is 0 Å². The maximum absolute atomic E-state index is 5.80. The van der Waals surface area contributed by atoms with Crippen LogP contribution in [0.25, 0.3) is 0 Å². The van der Waals surface area contributed by atoms with Crippen LogP contribution in [0.2, 0.25) is 0 Å². The zero-order valence-corrected chi connectivity index (χ0v) is 12.2. The van der Waals surface area contributed by atoms with Gasteiger partial charge >= 0.3 is 0 Å². The van der Waals surface area contributed by atoms with Crippen molar-refractivity contribution in [1.29, 1.82) is 0 Å². The van der Waals surface area contributed by atoms with Gasteiger partial charge < -0.3 is 4.74 Å². The molecule has 0 unspecified atom stereocenters. The van der Waals surface area contributed by atoms with Crippen LogP contribution in [-0.4, -0.2) is 4.98 Å². The highest BCUT2D eigenvalue weighted by Gasteiger charge is 1.99. The van der Waals surface area contributed by atoms with Crippen molar-refractivity contribution in [1.82, 2.24) is 4.98 Å². The monoisotopic (exact) mass is 269 g/mol. The Morgan fingerprint density at radius 3 is 2.75 bits per heavy atom. The standard InChI is InChI=1S/C18H23NO/c1-2-3-4-5-9-16-10-8-12-18(14-16)20-15-17-11-6-7-13-19-17/h6-8,10-14H,2-5,9,15H2,1H3. The first-order valence-corrected chi connectivity index (χ1v) is 7.50. The Hall–Kier alpha value is -1.83. The highest BCUT2D eigenvalue weighted by Crippen LogP contribution is 2.17. The van der Waals surface area contributed by atoms with Crippen LogP contribution in [-0.2, 0) is 13.0 Å².